The zero-order chi connectivity index (χ0) is 8.32. The van der Waals surface area contributed by atoms with Crippen LogP contribution in [0.1, 0.15) is 0 Å². The van der Waals surface area contributed by atoms with E-state index in [4.69, 9.17) is 9.47 Å². The molecule has 1 heterocycles. The van der Waals surface area contributed by atoms with Crippen LogP contribution in [0.3, 0.4) is 0 Å². The van der Waals surface area contributed by atoms with Gasteiger partial charge < -0.3 is 9.47 Å². The predicted octanol–water partition coefficient (Wildman–Crippen LogP) is -0.0808. The Labute approximate surface area is 65.7 Å². The van der Waals surface area contributed by atoms with Crippen LogP contribution in [-0.4, -0.2) is 34.7 Å². The molecule has 0 saturated carbocycles. The number of rotatable bonds is 1. The van der Waals surface area contributed by atoms with E-state index in [0.29, 0.717) is 11.5 Å². The maximum Gasteiger partial charge on any atom is 0.173 e. The first-order valence-electron chi connectivity index (χ1n) is 3.15. The molecule has 0 aromatic carbocycles. The van der Waals surface area contributed by atoms with Gasteiger partial charge >= 0.3 is 0 Å². The number of ether oxygens (including phenoxy) is 2. The molecular formula is C6H10O4S. The fraction of sp³-hybridized carbons (Fsp3) is 0.667. The van der Waals surface area contributed by atoms with E-state index in [1.807, 2.05) is 0 Å². The Morgan fingerprint density at radius 1 is 1.45 bits per heavy atom. The highest BCUT2D eigenvalue weighted by Gasteiger charge is 2.12. The summed E-state index contributed by atoms with van der Waals surface area (Å²) in [7, 11) is -3.09. The molecule has 1 rings (SSSR count). The van der Waals surface area contributed by atoms with Gasteiger partial charge in [-0.3, -0.25) is 0 Å². The monoisotopic (exact) mass is 178 g/mol. The van der Waals surface area contributed by atoms with Crippen molar-refractivity contribution in [2.75, 3.05) is 26.3 Å². The van der Waals surface area contributed by atoms with Crippen LogP contribution >= 0.6 is 0 Å². The van der Waals surface area contributed by atoms with E-state index in [0.717, 1.165) is 6.26 Å². The molecule has 0 spiro atoms. The van der Waals surface area contributed by atoms with Crippen LogP contribution < -0.4 is 0 Å². The summed E-state index contributed by atoms with van der Waals surface area (Å²) < 4.78 is 31.6. The van der Waals surface area contributed by atoms with Crippen molar-refractivity contribution in [1.29, 1.82) is 0 Å². The summed E-state index contributed by atoms with van der Waals surface area (Å²) in [5.74, 6) is 0. The lowest BCUT2D eigenvalue weighted by Crippen LogP contribution is -2.06. The molecular weight excluding hydrogens is 168 g/mol. The van der Waals surface area contributed by atoms with Crippen LogP contribution in [0.2, 0.25) is 0 Å². The van der Waals surface area contributed by atoms with Gasteiger partial charge in [-0.05, 0) is 6.08 Å². The second-order valence-corrected chi connectivity index (χ2v) is 4.35. The van der Waals surface area contributed by atoms with Gasteiger partial charge in [-0.1, -0.05) is 0 Å². The highest BCUT2D eigenvalue weighted by molar-refractivity contribution is 7.94. The SMILES string of the molecule is CS(=O)(=O)C1=CCOCOC1. The molecule has 5 heteroatoms. The molecule has 4 nitrogen and oxygen atoms in total. The van der Waals surface area contributed by atoms with Crippen LogP contribution in [0.15, 0.2) is 11.0 Å². The fourth-order valence-corrected chi connectivity index (χ4v) is 1.39. The van der Waals surface area contributed by atoms with Gasteiger partial charge in [-0.15, -0.1) is 0 Å². The van der Waals surface area contributed by atoms with Gasteiger partial charge in [0.1, 0.15) is 6.79 Å². The van der Waals surface area contributed by atoms with Crippen LogP contribution in [0.4, 0.5) is 0 Å². The van der Waals surface area contributed by atoms with Gasteiger partial charge in [0.15, 0.2) is 9.84 Å². The van der Waals surface area contributed by atoms with E-state index in [9.17, 15) is 8.42 Å². The standard InChI is InChI=1S/C6H10O4S/c1-11(7,8)6-2-3-9-5-10-4-6/h2H,3-5H2,1H3. The van der Waals surface area contributed by atoms with Gasteiger partial charge in [0, 0.05) is 6.26 Å². The predicted molar refractivity (Wildman–Crippen MR) is 39.7 cm³/mol. The van der Waals surface area contributed by atoms with Crippen LogP contribution in [0, 0.1) is 0 Å². The van der Waals surface area contributed by atoms with Crippen molar-refractivity contribution < 1.29 is 17.9 Å². The molecule has 0 amide bonds. The molecule has 0 aromatic heterocycles. The zero-order valence-electron chi connectivity index (χ0n) is 6.24. The molecule has 1 aliphatic heterocycles. The average molecular weight is 178 g/mol. The fourth-order valence-electron chi connectivity index (χ4n) is 0.719. The van der Waals surface area contributed by atoms with Gasteiger partial charge in [0.25, 0.3) is 0 Å². The lowest BCUT2D eigenvalue weighted by molar-refractivity contribution is -0.0271. The maximum atomic E-state index is 10.9. The van der Waals surface area contributed by atoms with Crippen molar-refractivity contribution in [3.8, 4) is 0 Å². The van der Waals surface area contributed by atoms with Crippen molar-refractivity contribution in [2.24, 2.45) is 0 Å². The molecule has 0 aromatic rings. The third-order valence-corrected chi connectivity index (χ3v) is 2.55. The first kappa shape index (κ1) is 8.70. The van der Waals surface area contributed by atoms with Crippen molar-refractivity contribution in [3.05, 3.63) is 11.0 Å². The van der Waals surface area contributed by atoms with Crippen LogP contribution in [0.25, 0.3) is 0 Å². The molecule has 0 atom stereocenters. The number of hydrogen-bond donors (Lipinski definition) is 0. The Morgan fingerprint density at radius 3 is 2.82 bits per heavy atom. The van der Waals surface area contributed by atoms with E-state index in [1.165, 1.54) is 6.08 Å². The molecule has 0 aliphatic carbocycles. The number of sulfone groups is 1. The highest BCUT2D eigenvalue weighted by atomic mass is 32.2. The first-order valence-corrected chi connectivity index (χ1v) is 5.04. The largest absolute Gasteiger partial charge is 0.351 e. The lowest BCUT2D eigenvalue weighted by atomic mass is 10.5. The Kier molecular flexibility index (Phi) is 2.64. The summed E-state index contributed by atoms with van der Waals surface area (Å²) in [4.78, 5) is 0.301. The summed E-state index contributed by atoms with van der Waals surface area (Å²) in [6.45, 7) is 0.594. The molecule has 0 radical (unpaired) electrons. The smallest absolute Gasteiger partial charge is 0.173 e. The Morgan fingerprint density at radius 2 is 2.18 bits per heavy atom. The minimum atomic E-state index is -3.09. The molecule has 0 bridgehead atoms. The molecule has 0 saturated heterocycles. The van der Waals surface area contributed by atoms with E-state index >= 15 is 0 Å². The molecule has 11 heavy (non-hydrogen) atoms. The molecule has 0 N–H and O–H groups in total. The van der Waals surface area contributed by atoms with Crippen LogP contribution in [0.5, 0.6) is 0 Å². The second kappa shape index (κ2) is 3.34. The Balaban J connectivity index is 2.77. The highest BCUT2D eigenvalue weighted by Crippen LogP contribution is 2.07. The molecule has 64 valence electrons. The van der Waals surface area contributed by atoms with Gasteiger partial charge in [-0.2, -0.15) is 0 Å². The van der Waals surface area contributed by atoms with E-state index in [1.54, 1.807) is 0 Å². The second-order valence-electron chi connectivity index (χ2n) is 2.28. The summed E-state index contributed by atoms with van der Waals surface area (Å²) in [5.41, 5.74) is 0. The minimum Gasteiger partial charge on any atom is -0.351 e. The van der Waals surface area contributed by atoms with Gasteiger partial charge in [0.05, 0.1) is 18.1 Å². The third-order valence-electron chi connectivity index (χ3n) is 1.32. The van der Waals surface area contributed by atoms with Gasteiger partial charge in [0.2, 0.25) is 0 Å². The molecule has 0 unspecified atom stereocenters. The van der Waals surface area contributed by atoms with Crippen LogP contribution in [-0.2, 0) is 19.3 Å². The molecule has 0 fully saturated rings. The topological polar surface area (TPSA) is 52.6 Å². The Bertz CT molecular complexity index is 252. The average Bonchev–Trinajstić information content (AvgIpc) is 2.10. The quantitative estimate of drug-likeness (QED) is 0.563. The minimum absolute atomic E-state index is 0.124. The lowest BCUT2D eigenvalue weighted by Gasteiger charge is -2.00. The summed E-state index contributed by atoms with van der Waals surface area (Å²) >= 11 is 0. The number of hydrogen-bond acceptors (Lipinski definition) is 4. The molecule has 1 aliphatic rings. The van der Waals surface area contributed by atoms with E-state index in [-0.39, 0.29) is 13.4 Å². The van der Waals surface area contributed by atoms with Gasteiger partial charge in [-0.25, -0.2) is 8.42 Å². The van der Waals surface area contributed by atoms with E-state index < -0.39 is 9.84 Å². The Hall–Kier alpha value is -0.390. The summed E-state index contributed by atoms with van der Waals surface area (Å²) in [6, 6.07) is 0. The van der Waals surface area contributed by atoms with Crippen molar-refractivity contribution in [2.45, 2.75) is 0 Å². The third kappa shape index (κ3) is 2.61. The van der Waals surface area contributed by atoms with Crippen molar-refractivity contribution in [3.63, 3.8) is 0 Å². The maximum absolute atomic E-state index is 10.9. The van der Waals surface area contributed by atoms with Crippen molar-refractivity contribution >= 4 is 9.84 Å². The zero-order valence-corrected chi connectivity index (χ0v) is 7.06. The van der Waals surface area contributed by atoms with E-state index in [2.05, 4.69) is 0 Å². The van der Waals surface area contributed by atoms with Crippen molar-refractivity contribution in [1.82, 2.24) is 0 Å². The summed E-state index contributed by atoms with van der Waals surface area (Å²) in [5, 5.41) is 0. The summed E-state index contributed by atoms with van der Waals surface area (Å²) in [6.07, 6.45) is 2.69. The first-order chi connectivity index (χ1) is 5.11. The normalized spacial score (nSPS) is 20.6.